The maximum Gasteiger partial charge on any atom is 0.300 e. The summed E-state index contributed by atoms with van der Waals surface area (Å²) in [6.07, 6.45) is 4.40. The van der Waals surface area contributed by atoms with E-state index in [1.54, 1.807) is 18.5 Å². The molecule has 0 fully saturated rings. The number of aromatic nitrogens is 2. The Morgan fingerprint density at radius 1 is 1.58 bits per heavy atom. The summed E-state index contributed by atoms with van der Waals surface area (Å²) in [5.41, 5.74) is 0.368. The van der Waals surface area contributed by atoms with E-state index < -0.39 is 10.8 Å². The van der Waals surface area contributed by atoms with E-state index in [1.807, 2.05) is 0 Å². The lowest BCUT2D eigenvalue weighted by atomic mass is 10.2. The molecule has 0 spiro atoms. The van der Waals surface area contributed by atoms with Crippen molar-refractivity contribution in [3.63, 3.8) is 0 Å². The first-order chi connectivity index (χ1) is 9.08. The average molecular weight is 281 g/mol. The highest BCUT2D eigenvalue weighted by Gasteiger charge is 2.21. The molecule has 19 heavy (non-hydrogen) atoms. The van der Waals surface area contributed by atoms with Crippen LogP contribution < -0.4 is 5.32 Å². The van der Waals surface area contributed by atoms with Crippen LogP contribution in [-0.4, -0.2) is 20.8 Å². The zero-order chi connectivity index (χ0) is 13.8. The molecule has 2 aromatic rings. The maximum atomic E-state index is 11.9. The van der Waals surface area contributed by atoms with Crippen molar-refractivity contribution >= 4 is 23.2 Å². The summed E-state index contributed by atoms with van der Waals surface area (Å²) >= 11 is 5.65. The van der Waals surface area contributed by atoms with Gasteiger partial charge < -0.3 is 10.3 Å². The first-order valence-electron chi connectivity index (χ1n) is 5.27. The van der Waals surface area contributed by atoms with Crippen LogP contribution in [0.25, 0.3) is 0 Å². The Morgan fingerprint density at radius 3 is 3.00 bits per heavy atom. The minimum atomic E-state index is -0.672. The van der Waals surface area contributed by atoms with Crippen LogP contribution in [0, 0.1) is 10.1 Å². The van der Waals surface area contributed by atoms with Gasteiger partial charge in [-0.05, 0) is 17.7 Å². The molecule has 0 saturated heterocycles. The molecule has 0 aliphatic heterocycles. The first-order valence-corrected chi connectivity index (χ1v) is 5.65. The second-order valence-corrected chi connectivity index (χ2v) is 4.07. The van der Waals surface area contributed by atoms with Crippen molar-refractivity contribution in [1.29, 1.82) is 0 Å². The SMILES string of the molecule is O=C(NCc1cc[nH]c1)c1cc(Cl)ncc1[N+](=O)[O-]. The van der Waals surface area contributed by atoms with E-state index in [9.17, 15) is 14.9 Å². The Labute approximate surface area is 112 Å². The van der Waals surface area contributed by atoms with E-state index in [0.717, 1.165) is 11.8 Å². The van der Waals surface area contributed by atoms with Crippen molar-refractivity contribution in [2.75, 3.05) is 0 Å². The molecule has 98 valence electrons. The predicted molar refractivity (Wildman–Crippen MR) is 67.9 cm³/mol. The van der Waals surface area contributed by atoms with Gasteiger partial charge in [0, 0.05) is 18.9 Å². The molecule has 2 rings (SSSR count). The number of nitrogens with zero attached hydrogens (tertiary/aromatic N) is 2. The normalized spacial score (nSPS) is 10.2. The standard InChI is InChI=1S/C11H9ClN4O3/c12-10-3-8(9(6-14-10)16(18)19)11(17)15-5-7-1-2-13-4-7/h1-4,6,13H,5H2,(H,15,17). The summed E-state index contributed by atoms with van der Waals surface area (Å²) in [5.74, 6) is -0.572. The number of carbonyl (C=O) groups excluding carboxylic acids is 1. The lowest BCUT2D eigenvalue weighted by molar-refractivity contribution is -0.385. The number of pyridine rings is 1. The molecule has 7 nitrogen and oxygen atoms in total. The Morgan fingerprint density at radius 2 is 2.37 bits per heavy atom. The molecule has 0 aromatic carbocycles. The van der Waals surface area contributed by atoms with Gasteiger partial charge in [0.05, 0.1) is 4.92 Å². The fraction of sp³-hybridized carbons (Fsp3) is 0.0909. The van der Waals surface area contributed by atoms with Crippen molar-refractivity contribution in [2.45, 2.75) is 6.54 Å². The molecule has 8 heteroatoms. The zero-order valence-electron chi connectivity index (χ0n) is 9.59. The van der Waals surface area contributed by atoms with Gasteiger partial charge in [-0.25, -0.2) is 4.98 Å². The zero-order valence-corrected chi connectivity index (χ0v) is 10.3. The molecule has 1 amide bonds. The van der Waals surface area contributed by atoms with Crippen LogP contribution in [0.1, 0.15) is 15.9 Å². The second-order valence-electron chi connectivity index (χ2n) is 3.68. The van der Waals surface area contributed by atoms with Crippen LogP contribution in [0.15, 0.2) is 30.7 Å². The summed E-state index contributed by atoms with van der Waals surface area (Å²) in [7, 11) is 0. The monoisotopic (exact) mass is 280 g/mol. The number of hydrogen-bond donors (Lipinski definition) is 2. The molecular weight excluding hydrogens is 272 g/mol. The molecule has 0 unspecified atom stereocenters. The number of nitro groups is 1. The van der Waals surface area contributed by atoms with Crippen LogP contribution in [0.3, 0.4) is 0 Å². The van der Waals surface area contributed by atoms with E-state index in [0.29, 0.717) is 0 Å². The Kier molecular flexibility index (Phi) is 3.76. The number of carbonyl (C=O) groups is 1. The molecule has 0 aliphatic rings. The number of rotatable bonds is 4. The van der Waals surface area contributed by atoms with Crippen molar-refractivity contribution in [2.24, 2.45) is 0 Å². The van der Waals surface area contributed by atoms with Crippen LogP contribution in [0.5, 0.6) is 0 Å². The fourth-order valence-corrected chi connectivity index (χ4v) is 1.65. The molecule has 2 N–H and O–H groups in total. The predicted octanol–water partition coefficient (Wildman–Crippen LogP) is 1.90. The lowest BCUT2D eigenvalue weighted by Crippen LogP contribution is -2.23. The molecule has 2 aromatic heterocycles. The fourth-order valence-electron chi connectivity index (χ4n) is 1.50. The molecule has 0 aliphatic carbocycles. The summed E-state index contributed by atoms with van der Waals surface area (Å²) in [6, 6.07) is 2.96. The van der Waals surface area contributed by atoms with Gasteiger partial charge in [-0.1, -0.05) is 11.6 Å². The largest absolute Gasteiger partial charge is 0.367 e. The number of aromatic amines is 1. The Bertz CT molecular complexity index is 612. The number of hydrogen-bond acceptors (Lipinski definition) is 4. The van der Waals surface area contributed by atoms with Crippen molar-refractivity contribution in [1.82, 2.24) is 15.3 Å². The van der Waals surface area contributed by atoms with Gasteiger partial charge in [-0.2, -0.15) is 0 Å². The topological polar surface area (TPSA) is 101 Å². The van der Waals surface area contributed by atoms with Crippen molar-refractivity contribution in [3.05, 3.63) is 57.1 Å². The van der Waals surface area contributed by atoms with Crippen LogP contribution in [-0.2, 0) is 6.54 Å². The van der Waals surface area contributed by atoms with E-state index in [-0.39, 0.29) is 22.9 Å². The van der Waals surface area contributed by atoms with Gasteiger partial charge in [0.15, 0.2) is 0 Å². The van der Waals surface area contributed by atoms with Gasteiger partial charge in [0.25, 0.3) is 11.6 Å². The molecule has 0 saturated carbocycles. The first kappa shape index (κ1) is 13.0. The highest BCUT2D eigenvalue weighted by Crippen LogP contribution is 2.20. The third-order valence-corrected chi connectivity index (χ3v) is 2.61. The maximum absolute atomic E-state index is 11.9. The molecule has 0 radical (unpaired) electrons. The van der Waals surface area contributed by atoms with Gasteiger partial charge in [0.2, 0.25) is 0 Å². The molecule has 2 heterocycles. The molecule has 0 bridgehead atoms. The highest BCUT2D eigenvalue weighted by atomic mass is 35.5. The van der Waals surface area contributed by atoms with E-state index >= 15 is 0 Å². The van der Waals surface area contributed by atoms with E-state index in [2.05, 4.69) is 15.3 Å². The van der Waals surface area contributed by atoms with Gasteiger partial charge in [-0.3, -0.25) is 14.9 Å². The molecule has 0 atom stereocenters. The summed E-state index contributed by atoms with van der Waals surface area (Å²) in [4.78, 5) is 28.5. The lowest BCUT2D eigenvalue weighted by Gasteiger charge is -2.04. The number of nitrogens with one attached hydrogen (secondary N) is 2. The summed E-state index contributed by atoms with van der Waals surface area (Å²) in [5, 5.41) is 13.4. The van der Waals surface area contributed by atoms with Crippen molar-refractivity contribution in [3.8, 4) is 0 Å². The highest BCUT2D eigenvalue weighted by molar-refractivity contribution is 6.29. The Balaban J connectivity index is 2.18. The van der Waals surface area contributed by atoms with Gasteiger partial charge in [-0.15, -0.1) is 0 Å². The van der Waals surface area contributed by atoms with E-state index in [4.69, 9.17) is 11.6 Å². The number of halogens is 1. The summed E-state index contributed by atoms with van der Waals surface area (Å²) < 4.78 is 0. The van der Waals surface area contributed by atoms with Gasteiger partial charge >= 0.3 is 0 Å². The van der Waals surface area contributed by atoms with Crippen LogP contribution in [0.4, 0.5) is 5.69 Å². The third-order valence-electron chi connectivity index (χ3n) is 2.41. The number of amides is 1. The van der Waals surface area contributed by atoms with Crippen molar-refractivity contribution < 1.29 is 9.72 Å². The number of H-pyrrole nitrogens is 1. The Hall–Kier alpha value is -2.41. The second kappa shape index (κ2) is 5.49. The third kappa shape index (κ3) is 3.08. The van der Waals surface area contributed by atoms with E-state index in [1.165, 1.54) is 6.07 Å². The smallest absolute Gasteiger partial charge is 0.300 e. The minimum absolute atomic E-state index is 0.0254. The summed E-state index contributed by atoms with van der Waals surface area (Å²) in [6.45, 7) is 0.263. The average Bonchev–Trinajstić information content (AvgIpc) is 2.88. The van der Waals surface area contributed by atoms with Crippen LogP contribution >= 0.6 is 11.6 Å². The van der Waals surface area contributed by atoms with Crippen LogP contribution in [0.2, 0.25) is 5.15 Å². The quantitative estimate of drug-likeness (QED) is 0.507. The van der Waals surface area contributed by atoms with Gasteiger partial charge in [0.1, 0.15) is 16.9 Å². The molecular formula is C11H9ClN4O3. The minimum Gasteiger partial charge on any atom is -0.367 e.